The molecule has 9 rings (SSSR count). The number of halogens is 4. The Morgan fingerprint density at radius 2 is 1.79 bits per heavy atom. The van der Waals surface area contributed by atoms with E-state index in [-0.39, 0.29) is 118 Å². The summed E-state index contributed by atoms with van der Waals surface area (Å²) in [7, 11) is -0.932. The number of rotatable bonds is 10. The predicted molar refractivity (Wildman–Crippen MR) is 258 cm³/mol. The van der Waals surface area contributed by atoms with Crippen LogP contribution in [0.2, 0.25) is 21.6 Å². The van der Waals surface area contributed by atoms with Gasteiger partial charge in [0.1, 0.15) is 56.0 Å². The molecule has 0 spiro atoms. The Morgan fingerprint density at radius 1 is 1.04 bits per heavy atom. The van der Waals surface area contributed by atoms with Crippen molar-refractivity contribution in [2.24, 2.45) is 0 Å². The third-order valence-corrected chi connectivity index (χ3v) is 21.5. The first-order valence-corrected chi connectivity index (χ1v) is 26.2. The van der Waals surface area contributed by atoms with E-state index in [9.17, 15) is 4.79 Å². The van der Waals surface area contributed by atoms with Crippen LogP contribution < -0.4 is 19.1 Å². The number of aromatic nitrogens is 2. The molecule has 4 aromatic rings. The van der Waals surface area contributed by atoms with Gasteiger partial charge in [-0.25, -0.2) is 18.0 Å². The summed E-state index contributed by atoms with van der Waals surface area (Å²) in [6, 6.07) is 4.93. The van der Waals surface area contributed by atoms with Gasteiger partial charge in [0.15, 0.2) is 18.4 Å². The van der Waals surface area contributed by atoms with Crippen molar-refractivity contribution in [2.45, 2.75) is 146 Å². The second-order valence-electron chi connectivity index (χ2n) is 20.9. The molecule has 4 saturated heterocycles. The van der Waals surface area contributed by atoms with Crippen molar-refractivity contribution in [3.63, 3.8) is 0 Å². The molecular weight excluding hydrogens is 899 g/mol. The summed E-state index contributed by atoms with van der Waals surface area (Å²) in [6.07, 6.45) is 0.227. The Balaban J connectivity index is 1.27. The van der Waals surface area contributed by atoms with Crippen molar-refractivity contribution in [1.82, 2.24) is 19.8 Å². The topological polar surface area (TPSA) is 98.7 Å². The van der Waals surface area contributed by atoms with E-state index in [1.807, 2.05) is 25.7 Å². The molecule has 5 atom stereocenters. The Morgan fingerprint density at radius 3 is 2.49 bits per heavy atom. The SMILES string of the molecule is [2H]C1([2H])CC[C@@]2(COc3nc4c5c(c(Cl)c(-c6cc(OCOC)cc7ccc(F)c(C#C[Si](C(C)C)(C(C)C)C(C)C)c67)c(F)c5n3)OC[C@@H]3[C@@H]5CC[C@H](CN43)N5C(=O)OC(C)(C)C)C[C@@H](F)CN12. The number of piperazine rings is 1. The minimum atomic E-state index is -2.41. The van der Waals surface area contributed by atoms with E-state index in [1.54, 1.807) is 23.1 Å². The van der Waals surface area contributed by atoms with Gasteiger partial charge in [-0.2, -0.15) is 9.97 Å². The lowest BCUT2D eigenvalue weighted by Crippen LogP contribution is -2.63. The van der Waals surface area contributed by atoms with Gasteiger partial charge in [0.25, 0.3) is 0 Å². The van der Waals surface area contributed by atoms with Crippen LogP contribution in [0.15, 0.2) is 24.3 Å². The second-order valence-corrected chi connectivity index (χ2v) is 26.8. The average molecular weight is 965 g/mol. The standard InChI is InChI=1S/C51H63ClF3N5O6Si/c1-28(2)67(29(3)4,30(5)6)19-16-35-37(54)14-12-31-20-34(65-27-62-10)21-36(40(31)35)41-43(52)46-42-45(44(41)55)56-48(64-26-51-17-11-18-58(51)23-32(53)22-51)57-47(42)59-24-33-13-15-38(39(59)25-63-46)60(33)49(61)66-50(7,8)9/h12,14,20-21,28-30,32-33,38-39H,11,13,15,17-18,22-27H2,1-10H3/t32-,33-,38+,39-,51+/m1/s1/i18D2. The molecule has 2 bridgehead atoms. The zero-order chi connectivity index (χ0) is 49.7. The van der Waals surface area contributed by atoms with Gasteiger partial charge >= 0.3 is 12.1 Å². The summed E-state index contributed by atoms with van der Waals surface area (Å²) in [5.74, 6) is 2.55. The Hall–Kier alpha value is -4.49. The number of carbonyl (C=O) groups is 1. The normalized spacial score (nSPS) is 24.9. The van der Waals surface area contributed by atoms with Crippen molar-refractivity contribution in [3.05, 3.63) is 46.5 Å². The maximum absolute atomic E-state index is 18.4. The maximum atomic E-state index is 18.4. The fourth-order valence-electron chi connectivity index (χ4n) is 12.0. The van der Waals surface area contributed by atoms with Gasteiger partial charge in [0.05, 0.1) is 39.6 Å². The number of benzene rings is 3. The molecule has 0 unspecified atom stereocenters. The van der Waals surface area contributed by atoms with E-state index in [4.69, 9.17) is 48.0 Å². The van der Waals surface area contributed by atoms with Crippen molar-refractivity contribution in [1.29, 1.82) is 0 Å². The molecular formula is C51H63ClF3N5O6Si. The first-order valence-electron chi connectivity index (χ1n) is 24.6. The lowest BCUT2D eigenvalue weighted by Gasteiger charge is -2.46. The first-order chi connectivity index (χ1) is 32.5. The van der Waals surface area contributed by atoms with E-state index in [1.165, 1.54) is 18.1 Å². The zero-order valence-corrected chi connectivity index (χ0v) is 41.9. The van der Waals surface area contributed by atoms with E-state index in [0.29, 0.717) is 42.3 Å². The molecule has 5 aliphatic heterocycles. The predicted octanol–water partition coefficient (Wildman–Crippen LogP) is 11.2. The number of hydrogen-bond donors (Lipinski definition) is 0. The van der Waals surface area contributed by atoms with Crippen LogP contribution in [0, 0.1) is 23.1 Å². The van der Waals surface area contributed by atoms with Crippen molar-refractivity contribution in [3.8, 4) is 40.1 Å². The summed E-state index contributed by atoms with van der Waals surface area (Å²) in [5, 5.41) is 0.909. The van der Waals surface area contributed by atoms with E-state index >= 15 is 13.2 Å². The number of nitrogens with zero attached hydrogens (tertiary/aromatic N) is 5. The highest BCUT2D eigenvalue weighted by molar-refractivity contribution is 6.90. The minimum Gasteiger partial charge on any atom is -0.489 e. The monoisotopic (exact) mass is 963 g/mol. The van der Waals surface area contributed by atoms with Crippen LogP contribution in [0.25, 0.3) is 32.8 Å². The van der Waals surface area contributed by atoms with Gasteiger partial charge in [-0.05, 0) is 98.7 Å². The molecule has 0 aliphatic carbocycles. The van der Waals surface area contributed by atoms with Crippen LogP contribution in [0.3, 0.4) is 0 Å². The summed E-state index contributed by atoms with van der Waals surface area (Å²) < 4.78 is 97.9. The molecule has 6 heterocycles. The smallest absolute Gasteiger partial charge is 0.410 e. The third kappa shape index (κ3) is 8.15. The van der Waals surface area contributed by atoms with E-state index in [0.717, 1.165) is 0 Å². The lowest BCUT2D eigenvalue weighted by molar-refractivity contribution is 0.00544. The molecule has 0 radical (unpaired) electrons. The molecule has 16 heteroatoms. The molecule has 5 aliphatic rings. The molecule has 11 nitrogen and oxygen atoms in total. The number of carbonyl (C=O) groups excluding carboxylic acids is 1. The van der Waals surface area contributed by atoms with E-state index < -0.39 is 55.7 Å². The van der Waals surface area contributed by atoms with Crippen molar-refractivity contribution in [2.75, 3.05) is 51.6 Å². The Labute approximate surface area is 400 Å². The lowest BCUT2D eigenvalue weighted by atomic mass is 9.92. The fourth-order valence-corrected chi connectivity index (χ4v) is 17.5. The molecule has 0 saturated carbocycles. The first kappa shape index (κ1) is 45.0. The highest BCUT2D eigenvalue weighted by atomic mass is 35.5. The maximum Gasteiger partial charge on any atom is 0.410 e. The number of alkyl halides is 1. The van der Waals surface area contributed by atoms with Crippen LogP contribution in [-0.4, -0.2) is 116 Å². The largest absolute Gasteiger partial charge is 0.489 e. The second kappa shape index (κ2) is 17.8. The van der Waals surface area contributed by atoms with Crippen molar-refractivity contribution >= 4 is 53.3 Å². The number of methoxy groups -OCH3 is 1. The van der Waals surface area contributed by atoms with Gasteiger partial charge in [-0.1, -0.05) is 65.1 Å². The van der Waals surface area contributed by atoms with Gasteiger partial charge in [0, 0.05) is 40.3 Å². The molecule has 4 fully saturated rings. The number of amides is 1. The molecule has 1 amide bonds. The average Bonchev–Trinajstić information content (AvgIpc) is 3.82. The van der Waals surface area contributed by atoms with Crippen LogP contribution in [0.1, 0.15) is 103 Å². The summed E-state index contributed by atoms with van der Waals surface area (Å²) in [4.78, 5) is 28.9. The molecule has 3 aromatic carbocycles. The minimum absolute atomic E-state index is 0.0174. The third-order valence-electron chi connectivity index (χ3n) is 14.9. The molecule has 67 heavy (non-hydrogen) atoms. The zero-order valence-electron chi connectivity index (χ0n) is 42.1. The van der Waals surface area contributed by atoms with Crippen LogP contribution >= 0.6 is 11.6 Å². The number of anilines is 1. The highest BCUT2D eigenvalue weighted by Crippen LogP contribution is 2.52. The quantitative estimate of drug-likeness (QED) is 0.0868. The van der Waals surface area contributed by atoms with Gasteiger partial charge in [0.2, 0.25) is 0 Å². The van der Waals surface area contributed by atoms with Crippen molar-refractivity contribution < 1.29 is 44.4 Å². The number of hydrogen-bond acceptors (Lipinski definition) is 10. The van der Waals surface area contributed by atoms with Crippen LogP contribution in [-0.2, 0) is 9.47 Å². The number of fused-ring (bicyclic) bond motifs is 7. The van der Waals surface area contributed by atoms with Gasteiger partial charge < -0.3 is 28.6 Å². The molecule has 1 aromatic heterocycles. The van der Waals surface area contributed by atoms with Gasteiger partial charge in [-0.3, -0.25) is 9.80 Å². The molecule has 360 valence electrons. The highest BCUT2D eigenvalue weighted by Gasteiger charge is 2.53. The summed E-state index contributed by atoms with van der Waals surface area (Å²) in [6.45, 7) is 16.8. The Bertz CT molecular complexity index is 2750. The summed E-state index contributed by atoms with van der Waals surface area (Å²) in [5.41, 5.74) is 2.64. The Kier molecular flexibility index (Phi) is 11.9. The van der Waals surface area contributed by atoms with E-state index in [2.05, 4.69) is 53.0 Å². The van der Waals surface area contributed by atoms with Crippen LogP contribution in [0.4, 0.5) is 23.8 Å². The van der Waals surface area contributed by atoms with Crippen LogP contribution in [0.5, 0.6) is 17.5 Å². The fraction of sp³-hybridized carbons (Fsp3) is 0.588. The summed E-state index contributed by atoms with van der Waals surface area (Å²) >= 11 is 7.53. The molecule has 0 N–H and O–H groups in total. The number of ether oxygens (including phenoxy) is 5. The van der Waals surface area contributed by atoms with Gasteiger partial charge in [-0.15, -0.1) is 5.54 Å².